The Morgan fingerprint density at radius 3 is 2.90 bits per heavy atom. The second-order valence-corrected chi connectivity index (χ2v) is 5.39. The standard InChI is InChI=1S/C12H10ClIN4O3/c1-20-9-3-2-6(13)4-7(9)11(15)18-21-12(19)10-8(14)5-16-17-10/h2-5H,1H3,(H2,15,18)(H,16,17). The van der Waals surface area contributed by atoms with Gasteiger partial charge in [0.2, 0.25) is 0 Å². The van der Waals surface area contributed by atoms with Crippen molar-refractivity contribution in [2.24, 2.45) is 10.9 Å². The average Bonchev–Trinajstić information content (AvgIpc) is 2.90. The van der Waals surface area contributed by atoms with Gasteiger partial charge in [-0.15, -0.1) is 0 Å². The number of nitrogens with two attached hydrogens (primary N) is 1. The highest BCUT2D eigenvalue weighted by molar-refractivity contribution is 14.1. The summed E-state index contributed by atoms with van der Waals surface area (Å²) in [4.78, 5) is 16.5. The zero-order chi connectivity index (χ0) is 15.4. The first-order chi connectivity index (χ1) is 10.0. The minimum atomic E-state index is -0.694. The number of carbonyl (C=O) groups excluding carboxylic acids is 1. The molecule has 0 bridgehead atoms. The zero-order valence-corrected chi connectivity index (χ0v) is 13.7. The number of carbonyl (C=O) groups is 1. The van der Waals surface area contributed by atoms with Gasteiger partial charge in [0.25, 0.3) is 0 Å². The van der Waals surface area contributed by atoms with E-state index in [9.17, 15) is 4.79 Å². The Morgan fingerprint density at radius 1 is 1.52 bits per heavy atom. The van der Waals surface area contributed by atoms with Crippen LogP contribution in [-0.4, -0.2) is 29.1 Å². The van der Waals surface area contributed by atoms with Crippen LogP contribution in [0.25, 0.3) is 0 Å². The number of ether oxygens (including phenoxy) is 1. The van der Waals surface area contributed by atoms with Gasteiger partial charge in [-0.2, -0.15) is 5.10 Å². The SMILES string of the molecule is COc1ccc(Cl)cc1/C(N)=N/OC(=O)c1[nH]ncc1I. The second-order valence-electron chi connectivity index (χ2n) is 3.79. The number of amidine groups is 1. The lowest BCUT2D eigenvalue weighted by Gasteiger charge is -2.07. The third-order valence-corrected chi connectivity index (χ3v) is 3.51. The van der Waals surface area contributed by atoms with Crippen LogP contribution in [0.1, 0.15) is 16.1 Å². The predicted molar refractivity (Wildman–Crippen MR) is 85.4 cm³/mol. The molecule has 0 amide bonds. The minimum absolute atomic E-state index is 0.0303. The summed E-state index contributed by atoms with van der Waals surface area (Å²) in [6.45, 7) is 0. The molecule has 9 heteroatoms. The molecule has 7 nitrogen and oxygen atoms in total. The van der Waals surface area contributed by atoms with E-state index in [2.05, 4.69) is 15.4 Å². The van der Waals surface area contributed by atoms with E-state index in [1.165, 1.54) is 13.3 Å². The first-order valence-electron chi connectivity index (χ1n) is 5.60. The Hall–Kier alpha value is -1.81. The molecular weight excluding hydrogens is 411 g/mol. The van der Waals surface area contributed by atoms with E-state index in [4.69, 9.17) is 26.9 Å². The Labute approximate surface area is 138 Å². The van der Waals surface area contributed by atoms with Gasteiger partial charge in [0.1, 0.15) is 5.75 Å². The van der Waals surface area contributed by atoms with Gasteiger partial charge in [-0.25, -0.2) is 4.79 Å². The van der Waals surface area contributed by atoms with E-state index in [-0.39, 0.29) is 11.5 Å². The lowest BCUT2D eigenvalue weighted by atomic mass is 10.2. The molecular formula is C12H10ClIN4O3. The van der Waals surface area contributed by atoms with Crippen molar-refractivity contribution >= 4 is 46.0 Å². The summed E-state index contributed by atoms with van der Waals surface area (Å²) in [5.41, 5.74) is 6.41. The summed E-state index contributed by atoms with van der Waals surface area (Å²) >= 11 is 7.84. The Morgan fingerprint density at radius 2 is 2.29 bits per heavy atom. The molecule has 0 aliphatic carbocycles. The molecule has 0 saturated heterocycles. The van der Waals surface area contributed by atoms with Crippen LogP contribution in [0.2, 0.25) is 5.02 Å². The molecule has 2 aromatic rings. The second kappa shape index (κ2) is 6.76. The molecule has 21 heavy (non-hydrogen) atoms. The third kappa shape index (κ3) is 3.64. The molecule has 2 rings (SSSR count). The zero-order valence-electron chi connectivity index (χ0n) is 10.8. The normalized spacial score (nSPS) is 11.3. The summed E-state index contributed by atoms with van der Waals surface area (Å²) < 4.78 is 5.76. The lowest BCUT2D eigenvalue weighted by molar-refractivity contribution is 0.0507. The summed E-state index contributed by atoms with van der Waals surface area (Å²) in [7, 11) is 1.49. The Kier molecular flexibility index (Phi) is 5.02. The number of methoxy groups -OCH3 is 1. The van der Waals surface area contributed by atoms with Gasteiger partial charge >= 0.3 is 5.97 Å². The van der Waals surface area contributed by atoms with Gasteiger partial charge in [0, 0.05) is 5.02 Å². The lowest BCUT2D eigenvalue weighted by Crippen LogP contribution is -2.16. The number of nitrogens with zero attached hydrogens (tertiary/aromatic N) is 2. The van der Waals surface area contributed by atoms with Crippen molar-refractivity contribution in [2.75, 3.05) is 7.11 Å². The quantitative estimate of drug-likeness (QED) is 0.259. The first kappa shape index (κ1) is 15.6. The summed E-state index contributed by atoms with van der Waals surface area (Å²) in [5, 5.41) is 10.3. The van der Waals surface area contributed by atoms with Crippen LogP contribution in [0.15, 0.2) is 29.6 Å². The van der Waals surface area contributed by atoms with E-state index in [0.717, 1.165) is 0 Å². The molecule has 0 spiro atoms. The predicted octanol–water partition coefficient (Wildman–Crippen LogP) is 2.15. The van der Waals surface area contributed by atoms with Crippen LogP contribution in [0.3, 0.4) is 0 Å². The number of hydrogen-bond acceptors (Lipinski definition) is 5. The maximum Gasteiger partial charge on any atom is 0.384 e. The minimum Gasteiger partial charge on any atom is -0.496 e. The van der Waals surface area contributed by atoms with Crippen molar-refractivity contribution in [3.63, 3.8) is 0 Å². The van der Waals surface area contributed by atoms with Gasteiger partial charge in [0.15, 0.2) is 11.5 Å². The highest BCUT2D eigenvalue weighted by atomic mass is 127. The molecule has 0 atom stereocenters. The molecule has 0 radical (unpaired) electrons. The van der Waals surface area contributed by atoms with Crippen LogP contribution in [0.5, 0.6) is 5.75 Å². The van der Waals surface area contributed by atoms with Gasteiger partial charge in [-0.05, 0) is 40.8 Å². The number of oxime groups is 1. The van der Waals surface area contributed by atoms with Crippen molar-refractivity contribution < 1.29 is 14.4 Å². The topological polar surface area (TPSA) is 103 Å². The van der Waals surface area contributed by atoms with E-state index < -0.39 is 5.97 Å². The van der Waals surface area contributed by atoms with Gasteiger partial charge in [-0.1, -0.05) is 16.8 Å². The number of benzene rings is 1. The molecule has 110 valence electrons. The van der Waals surface area contributed by atoms with Gasteiger partial charge in [-0.3, -0.25) is 5.10 Å². The smallest absolute Gasteiger partial charge is 0.384 e. The number of H-pyrrole nitrogens is 1. The van der Waals surface area contributed by atoms with Crippen molar-refractivity contribution in [1.82, 2.24) is 10.2 Å². The number of halogens is 2. The van der Waals surface area contributed by atoms with E-state index in [1.807, 2.05) is 22.6 Å². The number of aromatic amines is 1. The van der Waals surface area contributed by atoms with E-state index in [1.54, 1.807) is 18.2 Å². The van der Waals surface area contributed by atoms with Crippen LogP contribution in [-0.2, 0) is 4.84 Å². The molecule has 0 saturated carbocycles. The average molecular weight is 421 g/mol. The largest absolute Gasteiger partial charge is 0.496 e. The Balaban J connectivity index is 2.20. The number of rotatable bonds is 4. The molecule has 0 aliphatic heterocycles. The fraction of sp³-hybridized carbons (Fsp3) is 0.0833. The van der Waals surface area contributed by atoms with Crippen LogP contribution >= 0.6 is 34.2 Å². The van der Waals surface area contributed by atoms with Crippen molar-refractivity contribution in [3.05, 3.63) is 44.2 Å². The summed E-state index contributed by atoms with van der Waals surface area (Å²) in [5.74, 6) is -0.258. The van der Waals surface area contributed by atoms with Crippen LogP contribution in [0.4, 0.5) is 0 Å². The van der Waals surface area contributed by atoms with Crippen molar-refractivity contribution in [3.8, 4) is 5.75 Å². The molecule has 3 N–H and O–H groups in total. The van der Waals surface area contributed by atoms with E-state index >= 15 is 0 Å². The Bertz CT molecular complexity index is 702. The number of aromatic nitrogens is 2. The first-order valence-corrected chi connectivity index (χ1v) is 7.06. The fourth-order valence-electron chi connectivity index (χ4n) is 1.48. The number of nitrogens with one attached hydrogen (secondary N) is 1. The fourth-order valence-corrected chi connectivity index (χ4v) is 2.13. The molecule has 1 heterocycles. The van der Waals surface area contributed by atoms with E-state index in [0.29, 0.717) is 19.9 Å². The monoisotopic (exact) mass is 420 g/mol. The highest BCUT2D eigenvalue weighted by Gasteiger charge is 2.15. The number of hydrogen-bond donors (Lipinski definition) is 2. The molecule has 0 aliphatic rings. The van der Waals surface area contributed by atoms with Crippen molar-refractivity contribution in [2.45, 2.75) is 0 Å². The molecule has 0 unspecified atom stereocenters. The third-order valence-electron chi connectivity index (χ3n) is 2.46. The summed E-state index contributed by atoms with van der Waals surface area (Å²) in [6, 6.07) is 4.85. The van der Waals surface area contributed by atoms with Gasteiger partial charge in [0.05, 0.1) is 22.4 Å². The van der Waals surface area contributed by atoms with Crippen molar-refractivity contribution in [1.29, 1.82) is 0 Å². The highest BCUT2D eigenvalue weighted by Crippen LogP contribution is 2.22. The van der Waals surface area contributed by atoms with Gasteiger partial charge < -0.3 is 15.3 Å². The van der Waals surface area contributed by atoms with Crippen LogP contribution in [0, 0.1) is 3.57 Å². The maximum atomic E-state index is 11.8. The van der Waals surface area contributed by atoms with Crippen LogP contribution < -0.4 is 10.5 Å². The molecule has 1 aromatic heterocycles. The maximum absolute atomic E-state index is 11.8. The molecule has 0 fully saturated rings. The summed E-state index contributed by atoms with van der Waals surface area (Å²) in [6.07, 6.45) is 1.49. The molecule has 1 aromatic carbocycles.